The Hall–Kier alpha value is -1.52. The van der Waals surface area contributed by atoms with Crippen LogP contribution >= 0.6 is 15.9 Å². The first-order valence-corrected chi connectivity index (χ1v) is 7.14. The SMILES string of the molecule is CNC(c1ccccc1)c1cc(OC)c(Br)cc1OC. The molecule has 3 nitrogen and oxygen atoms in total. The number of benzene rings is 2. The molecular formula is C16H18BrNO2. The van der Waals surface area contributed by atoms with Crippen molar-refractivity contribution in [1.82, 2.24) is 5.32 Å². The number of hydrogen-bond donors (Lipinski definition) is 1. The Bertz CT molecular complexity index is 572. The Balaban J connectivity index is 2.53. The van der Waals surface area contributed by atoms with Crippen LogP contribution in [0.1, 0.15) is 17.2 Å². The van der Waals surface area contributed by atoms with Gasteiger partial charge in [-0.3, -0.25) is 0 Å². The van der Waals surface area contributed by atoms with E-state index in [1.807, 2.05) is 37.4 Å². The second kappa shape index (κ2) is 6.77. The van der Waals surface area contributed by atoms with Gasteiger partial charge in [0.05, 0.1) is 24.7 Å². The third-order valence-corrected chi connectivity index (χ3v) is 3.86. The summed E-state index contributed by atoms with van der Waals surface area (Å²) in [6.45, 7) is 0. The van der Waals surface area contributed by atoms with E-state index in [9.17, 15) is 0 Å². The highest BCUT2D eigenvalue weighted by Crippen LogP contribution is 2.37. The van der Waals surface area contributed by atoms with Gasteiger partial charge >= 0.3 is 0 Å². The highest BCUT2D eigenvalue weighted by molar-refractivity contribution is 9.10. The monoisotopic (exact) mass is 335 g/mol. The molecule has 0 aliphatic heterocycles. The minimum absolute atomic E-state index is 0.0492. The fourth-order valence-electron chi connectivity index (χ4n) is 2.26. The van der Waals surface area contributed by atoms with Gasteiger partial charge in [0.2, 0.25) is 0 Å². The quantitative estimate of drug-likeness (QED) is 0.902. The molecule has 0 spiro atoms. The van der Waals surface area contributed by atoms with Crippen molar-refractivity contribution >= 4 is 15.9 Å². The van der Waals surface area contributed by atoms with Gasteiger partial charge in [0.25, 0.3) is 0 Å². The van der Waals surface area contributed by atoms with E-state index >= 15 is 0 Å². The molecule has 4 heteroatoms. The van der Waals surface area contributed by atoms with Crippen LogP contribution in [0.15, 0.2) is 46.9 Å². The lowest BCUT2D eigenvalue weighted by molar-refractivity contribution is 0.393. The molecule has 1 unspecified atom stereocenters. The molecule has 0 radical (unpaired) electrons. The number of rotatable bonds is 5. The number of methoxy groups -OCH3 is 2. The Kier molecular flexibility index (Phi) is 5.04. The van der Waals surface area contributed by atoms with E-state index < -0.39 is 0 Å². The molecule has 2 aromatic carbocycles. The second-order valence-electron chi connectivity index (χ2n) is 4.36. The molecule has 0 bridgehead atoms. The number of halogens is 1. The van der Waals surface area contributed by atoms with E-state index in [1.165, 1.54) is 5.56 Å². The molecule has 0 amide bonds. The molecule has 0 aliphatic rings. The Morgan fingerprint density at radius 1 is 1.00 bits per heavy atom. The van der Waals surface area contributed by atoms with Crippen molar-refractivity contribution < 1.29 is 9.47 Å². The maximum Gasteiger partial charge on any atom is 0.133 e. The first-order valence-electron chi connectivity index (χ1n) is 6.35. The summed E-state index contributed by atoms with van der Waals surface area (Å²) < 4.78 is 11.8. The second-order valence-corrected chi connectivity index (χ2v) is 5.22. The van der Waals surface area contributed by atoms with Crippen molar-refractivity contribution in [3.63, 3.8) is 0 Å². The first-order chi connectivity index (χ1) is 9.71. The summed E-state index contributed by atoms with van der Waals surface area (Å²) in [6, 6.07) is 14.2. The summed E-state index contributed by atoms with van der Waals surface area (Å²) in [5.41, 5.74) is 2.22. The predicted molar refractivity (Wildman–Crippen MR) is 84.6 cm³/mol. The number of nitrogens with one attached hydrogen (secondary N) is 1. The van der Waals surface area contributed by atoms with Crippen molar-refractivity contribution in [3.05, 3.63) is 58.1 Å². The molecule has 1 atom stereocenters. The standard InChI is InChI=1S/C16H18BrNO2/c1-18-16(11-7-5-4-6-8-11)12-9-15(20-3)13(17)10-14(12)19-2/h4-10,16,18H,1-3H3. The molecule has 1 N–H and O–H groups in total. The zero-order valence-corrected chi connectivity index (χ0v) is 13.4. The fourth-order valence-corrected chi connectivity index (χ4v) is 2.74. The van der Waals surface area contributed by atoms with Crippen LogP contribution in [0.2, 0.25) is 0 Å². The van der Waals surface area contributed by atoms with E-state index in [-0.39, 0.29) is 6.04 Å². The van der Waals surface area contributed by atoms with Crippen LogP contribution in [0, 0.1) is 0 Å². The summed E-state index contributed by atoms with van der Waals surface area (Å²) in [6.07, 6.45) is 0. The summed E-state index contributed by atoms with van der Waals surface area (Å²) in [7, 11) is 5.27. The van der Waals surface area contributed by atoms with Crippen LogP contribution in [0.25, 0.3) is 0 Å². The van der Waals surface area contributed by atoms with E-state index in [0.29, 0.717) is 0 Å². The highest BCUT2D eigenvalue weighted by atomic mass is 79.9. The van der Waals surface area contributed by atoms with Crippen molar-refractivity contribution in [1.29, 1.82) is 0 Å². The van der Waals surface area contributed by atoms with Crippen LogP contribution in [-0.2, 0) is 0 Å². The van der Waals surface area contributed by atoms with Crippen LogP contribution in [0.3, 0.4) is 0 Å². The van der Waals surface area contributed by atoms with Crippen LogP contribution in [0.5, 0.6) is 11.5 Å². The van der Waals surface area contributed by atoms with Crippen LogP contribution in [-0.4, -0.2) is 21.3 Å². The van der Waals surface area contributed by atoms with E-state index in [0.717, 1.165) is 21.5 Å². The molecule has 106 valence electrons. The molecule has 0 aromatic heterocycles. The molecule has 2 rings (SSSR count). The lowest BCUT2D eigenvalue weighted by Crippen LogP contribution is -2.18. The third kappa shape index (κ3) is 2.97. The molecule has 0 saturated carbocycles. The summed E-state index contributed by atoms with van der Waals surface area (Å²) >= 11 is 3.48. The predicted octanol–water partition coefficient (Wildman–Crippen LogP) is 3.78. The minimum Gasteiger partial charge on any atom is -0.496 e. The number of ether oxygens (including phenoxy) is 2. The lowest BCUT2D eigenvalue weighted by Gasteiger charge is -2.21. The average molecular weight is 336 g/mol. The van der Waals surface area contributed by atoms with Gasteiger partial charge in [-0.1, -0.05) is 30.3 Å². The number of hydrogen-bond acceptors (Lipinski definition) is 3. The normalized spacial score (nSPS) is 12.0. The molecule has 0 heterocycles. The van der Waals surface area contributed by atoms with Gasteiger partial charge in [-0.15, -0.1) is 0 Å². The summed E-state index contributed by atoms with van der Waals surface area (Å²) in [5, 5.41) is 3.33. The van der Waals surface area contributed by atoms with Gasteiger partial charge in [-0.05, 0) is 40.7 Å². The molecule has 0 fully saturated rings. The minimum atomic E-state index is 0.0492. The zero-order valence-electron chi connectivity index (χ0n) is 11.8. The maximum atomic E-state index is 5.50. The third-order valence-electron chi connectivity index (χ3n) is 3.24. The van der Waals surface area contributed by atoms with Crippen LogP contribution < -0.4 is 14.8 Å². The van der Waals surface area contributed by atoms with Crippen molar-refractivity contribution in [2.75, 3.05) is 21.3 Å². The van der Waals surface area contributed by atoms with Crippen molar-refractivity contribution in [2.45, 2.75) is 6.04 Å². The van der Waals surface area contributed by atoms with Gasteiger partial charge in [-0.2, -0.15) is 0 Å². The average Bonchev–Trinajstić information content (AvgIpc) is 2.50. The Morgan fingerprint density at radius 2 is 1.65 bits per heavy atom. The van der Waals surface area contributed by atoms with Crippen LogP contribution in [0.4, 0.5) is 0 Å². The zero-order chi connectivity index (χ0) is 14.5. The van der Waals surface area contributed by atoms with Gasteiger partial charge in [0.15, 0.2) is 0 Å². The van der Waals surface area contributed by atoms with Crippen molar-refractivity contribution in [2.24, 2.45) is 0 Å². The van der Waals surface area contributed by atoms with Crippen molar-refractivity contribution in [3.8, 4) is 11.5 Å². The molecule has 2 aromatic rings. The summed E-state index contributed by atoms with van der Waals surface area (Å²) in [5.74, 6) is 1.61. The molecule has 20 heavy (non-hydrogen) atoms. The van der Waals surface area contributed by atoms with E-state index in [1.54, 1.807) is 14.2 Å². The Labute approximate surface area is 128 Å². The van der Waals surface area contributed by atoms with Gasteiger partial charge in [-0.25, -0.2) is 0 Å². The lowest BCUT2D eigenvalue weighted by atomic mass is 9.97. The highest BCUT2D eigenvalue weighted by Gasteiger charge is 2.19. The molecule has 0 saturated heterocycles. The topological polar surface area (TPSA) is 30.5 Å². The molecule has 0 aliphatic carbocycles. The molecular weight excluding hydrogens is 318 g/mol. The van der Waals surface area contributed by atoms with Gasteiger partial charge < -0.3 is 14.8 Å². The summed E-state index contributed by atoms with van der Waals surface area (Å²) in [4.78, 5) is 0. The fraction of sp³-hybridized carbons (Fsp3) is 0.250. The smallest absolute Gasteiger partial charge is 0.133 e. The maximum absolute atomic E-state index is 5.50. The van der Waals surface area contributed by atoms with E-state index in [2.05, 4.69) is 33.4 Å². The first kappa shape index (κ1) is 14.9. The van der Waals surface area contributed by atoms with Gasteiger partial charge in [0, 0.05) is 5.56 Å². The largest absolute Gasteiger partial charge is 0.496 e. The van der Waals surface area contributed by atoms with Gasteiger partial charge in [0.1, 0.15) is 11.5 Å². The van der Waals surface area contributed by atoms with E-state index in [4.69, 9.17) is 9.47 Å². The Morgan fingerprint density at radius 3 is 2.20 bits per heavy atom.